The molecule has 2 aliphatic rings. The first-order valence-electron chi connectivity index (χ1n) is 6.93. The van der Waals surface area contributed by atoms with Crippen LogP contribution in [0.5, 0.6) is 0 Å². The topological polar surface area (TPSA) is 44.8 Å². The summed E-state index contributed by atoms with van der Waals surface area (Å²) in [5, 5.41) is 0. The molecule has 0 saturated carbocycles. The Morgan fingerprint density at radius 1 is 1.22 bits per heavy atom. The maximum atomic E-state index is 11.8. The molecule has 2 unspecified atom stereocenters. The Labute approximate surface area is 108 Å². The molecule has 0 aromatic carbocycles. The fraction of sp³-hybridized carbons (Fsp3) is 0.786. The van der Waals surface area contributed by atoms with E-state index in [9.17, 15) is 4.79 Å². The molecule has 2 rings (SSSR count). The highest BCUT2D eigenvalue weighted by molar-refractivity contribution is 5.74. The van der Waals surface area contributed by atoms with Gasteiger partial charge in [0.05, 0.1) is 5.92 Å². The molecule has 1 aliphatic heterocycles. The molecule has 1 heterocycles. The number of hydrogen-bond acceptors (Lipinski definition) is 4. The number of allylic oxidation sites excluding steroid dienone is 1. The lowest BCUT2D eigenvalue weighted by molar-refractivity contribution is -0.189. The van der Waals surface area contributed by atoms with Crippen molar-refractivity contribution in [2.45, 2.75) is 51.2 Å². The Morgan fingerprint density at radius 3 is 3.00 bits per heavy atom. The highest BCUT2D eigenvalue weighted by Crippen LogP contribution is 2.18. The Hall–Kier alpha value is -0.870. The van der Waals surface area contributed by atoms with E-state index in [2.05, 4.69) is 6.08 Å². The summed E-state index contributed by atoms with van der Waals surface area (Å²) in [7, 11) is 0. The van der Waals surface area contributed by atoms with Crippen molar-refractivity contribution in [3.63, 3.8) is 0 Å². The van der Waals surface area contributed by atoms with Crippen LogP contribution in [0.15, 0.2) is 12.2 Å². The van der Waals surface area contributed by atoms with Crippen LogP contribution in [0, 0.1) is 5.92 Å². The minimum atomic E-state index is -0.189. The zero-order valence-electron chi connectivity index (χ0n) is 10.8. The summed E-state index contributed by atoms with van der Waals surface area (Å²) in [6.07, 6.45) is 11.2. The molecular weight excluding hydrogens is 232 g/mol. The van der Waals surface area contributed by atoms with Crippen molar-refractivity contribution in [2.75, 3.05) is 13.4 Å². The van der Waals surface area contributed by atoms with Gasteiger partial charge in [-0.2, -0.15) is 0 Å². The molecule has 0 bridgehead atoms. The van der Waals surface area contributed by atoms with Crippen molar-refractivity contribution < 1.29 is 19.0 Å². The lowest BCUT2D eigenvalue weighted by Gasteiger charge is -2.15. The van der Waals surface area contributed by atoms with Crippen LogP contribution >= 0.6 is 0 Å². The second kappa shape index (κ2) is 7.54. The molecule has 0 N–H and O–H groups in total. The highest BCUT2D eigenvalue weighted by Gasteiger charge is 2.20. The van der Waals surface area contributed by atoms with Gasteiger partial charge in [-0.15, -0.1) is 0 Å². The Kier molecular flexibility index (Phi) is 5.68. The Morgan fingerprint density at radius 2 is 2.17 bits per heavy atom. The van der Waals surface area contributed by atoms with E-state index >= 15 is 0 Å². The zero-order valence-corrected chi connectivity index (χ0v) is 10.8. The number of rotatable bonds is 4. The van der Waals surface area contributed by atoms with Gasteiger partial charge in [-0.05, 0) is 25.7 Å². The van der Waals surface area contributed by atoms with Crippen LogP contribution in [0.1, 0.15) is 44.9 Å². The molecule has 1 fully saturated rings. The SMILES string of the molecule is O=C(OCOC1CCCO1)C1/C=C\CCCCC1. The van der Waals surface area contributed by atoms with Gasteiger partial charge in [0.25, 0.3) is 0 Å². The van der Waals surface area contributed by atoms with Gasteiger partial charge in [-0.3, -0.25) is 4.79 Å². The second-order valence-electron chi connectivity index (χ2n) is 4.86. The van der Waals surface area contributed by atoms with Crippen LogP contribution < -0.4 is 0 Å². The normalized spacial score (nSPS) is 30.4. The van der Waals surface area contributed by atoms with Gasteiger partial charge in [-0.25, -0.2) is 0 Å². The largest absolute Gasteiger partial charge is 0.438 e. The van der Waals surface area contributed by atoms with Crippen LogP contribution in [0.3, 0.4) is 0 Å². The van der Waals surface area contributed by atoms with E-state index in [1.54, 1.807) is 0 Å². The van der Waals surface area contributed by atoms with E-state index in [1.807, 2.05) is 6.08 Å². The molecule has 0 amide bonds. The van der Waals surface area contributed by atoms with Gasteiger partial charge in [0.1, 0.15) is 0 Å². The fourth-order valence-electron chi connectivity index (χ4n) is 2.31. The fourth-order valence-corrected chi connectivity index (χ4v) is 2.31. The van der Waals surface area contributed by atoms with E-state index < -0.39 is 0 Å². The van der Waals surface area contributed by atoms with Crippen LogP contribution in [-0.2, 0) is 19.0 Å². The van der Waals surface area contributed by atoms with Gasteiger partial charge in [0.15, 0.2) is 13.1 Å². The van der Waals surface area contributed by atoms with Crippen LogP contribution in [-0.4, -0.2) is 25.7 Å². The number of esters is 1. The molecule has 1 aliphatic carbocycles. The third-order valence-electron chi connectivity index (χ3n) is 3.40. The van der Waals surface area contributed by atoms with E-state index in [0.717, 1.165) is 38.7 Å². The summed E-state index contributed by atoms with van der Waals surface area (Å²) >= 11 is 0. The third-order valence-corrected chi connectivity index (χ3v) is 3.40. The molecule has 2 atom stereocenters. The zero-order chi connectivity index (χ0) is 12.6. The summed E-state index contributed by atoms with van der Waals surface area (Å²) in [5.74, 6) is -0.274. The van der Waals surface area contributed by atoms with Crippen molar-refractivity contribution >= 4 is 5.97 Å². The van der Waals surface area contributed by atoms with Gasteiger partial charge in [0.2, 0.25) is 0 Å². The van der Waals surface area contributed by atoms with Crippen LogP contribution in [0.2, 0.25) is 0 Å². The molecule has 1 saturated heterocycles. The van der Waals surface area contributed by atoms with Crippen molar-refractivity contribution in [3.8, 4) is 0 Å². The van der Waals surface area contributed by atoms with Crippen molar-refractivity contribution in [3.05, 3.63) is 12.2 Å². The number of carbonyl (C=O) groups is 1. The predicted molar refractivity (Wildman–Crippen MR) is 66.7 cm³/mol. The molecule has 0 radical (unpaired) electrons. The van der Waals surface area contributed by atoms with E-state index in [0.29, 0.717) is 0 Å². The van der Waals surface area contributed by atoms with E-state index in [4.69, 9.17) is 14.2 Å². The number of ether oxygens (including phenoxy) is 3. The average Bonchev–Trinajstić information content (AvgIpc) is 2.81. The van der Waals surface area contributed by atoms with Crippen LogP contribution in [0.25, 0.3) is 0 Å². The quantitative estimate of drug-likeness (QED) is 0.439. The first kappa shape index (κ1) is 13.6. The maximum Gasteiger partial charge on any atom is 0.314 e. The minimum Gasteiger partial charge on any atom is -0.438 e. The second-order valence-corrected chi connectivity index (χ2v) is 4.86. The lowest BCUT2D eigenvalue weighted by atomic mass is 9.97. The van der Waals surface area contributed by atoms with Crippen molar-refractivity contribution in [2.24, 2.45) is 5.92 Å². The molecule has 0 aromatic rings. The molecule has 102 valence electrons. The summed E-state index contributed by atoms with van der Waals surface area (Å²) in [4.78, 5) is 11.8. The monoisotopic (exact) mass is 254 g/mol. The molecular formula is C14H22O4. The first-order valence-corrected chi connectivity index (χ1v) is 6.93. The van der Waals surface area contributed by atoms with Gasteiger partial charge in [0, 0.05) is 13.0 Å². The summed E-state index contributed by atoms with van der Waals surface area (Å²) in [6.45, 7) is 0.748. The summed E-state index contributed by atoms with van der Waals surface area (Å²) in [6, 6.07) is 0. The smallest absolute Gasteiger partial charge is 0.314 e. The first-order chi connectivity index (χ1) is 8.86. The Balaban J connectivity index is 1.67. The van der Waals surface area contributed by atoms with Crippen molar-refractivity contribution in [1.82, 2.24) is 0 Å². The van der Waals surface area contributed by atoms with Gasteiger partial charge >= 0.3 is 5.97 Å². The summed E-state index contributed by atoms with van der Waals surface area (Å²) in [5.41, 5.74) is 0. The number of hydrogen-bond donors (Lipinski definition) is 0. The molecule has 0 aromatic heterocycles. The molecule has 0 spiro atoms. The lowest BCUT2D eigenvalue weighted by Crippen LogP contribution is -2.21. The van der Waals surface area contributed by atoms with Crippen molar-refractivity contribution in [1.29, 1.82) is 0 Å². The van der Waals surface area contributed by atoms with E-state index in [-0.39, 0.29) is 25.0 Å². The maximum absolute atomic E-state index is 11.8. The molecule has 18 heavy (non-hydrogen) atoms. The third kappa shape index (κ3) is 4.42. The van der Waals surface area contributed by atoms with Gasteiger partial charge < -0.3 is 14.2 Å². The van der Waals surface area contributed by atoms with E-state index in [1.165, 1.54) is 12.8 Å². The summed E-state index contributed by atoms with van der Waals surface area (Å²) < 4.78 is 15.8. The van der Waals surface area contributed by atoms with Crippen LogP contribution in [0.4, 0.5) is 0 Å². The minimum absolute atomic E-state index is 0.00778. The number of carbonyl (C=O) groups excluding carboxylic acids is 1. The molecule has 4 heteroatoms. The predicted octanol–water partition coefficient (Wildman–Crippen LogP) is 2.78. The van der Waals surface area contributed by atoms with Gasteiger partial charge in [-0.1, -0.05) is 25.0 Å². The standard InChI is InChI=1S/C14H22O4/c15-14(12-7-4-2-1-3-5-8-12)18-11-17-13-9-6-10-16-13/h4,7,12-13H,1-3,5-6,8-11H2/b7-4-. The average molecular weight is 254 g/mol. The highest BCUT2D eigenvalue weighted by atomic mass is 16.8. The Bertz CT molecular complexity index is 282. The molecule has 4 nitrogen and oxygen atoms in total.